The van der Waals surface area contributed by atoms with Crippen LogP contribution in [0, 0.1) is 6.92 Å². The summed E-state index contributed by atoms with van der Waals surface area (Å²) in [5.74, 6) is 0.581. The zero-order valence-corrected chi connectivity index (χ0v) is 15.9. The van der Waals surface area contributed by atoms with Gasteiger partial charge in [0.15, 0.2) is 0 Å². The summed E-state index contributed by atoms with van der Waals surface area (Å²) in [6.07, 6.45) is 1.76. The maximum absolute atomic E-state index is 11.6. The van der Waals surface area contributed by atoms with Gasteiger partial charge in [0.05, 0.1) is 10.6 Å². The summed E-state index contributed by atoms with van der Waals surface area (Å²) in [6.45, 7) is 4.82. The van der Waals surface area contributed by atoms with E-state index in [1.54, 1.807) is 22.4 Å². The minimum atomic E-state index is -0.00580. The van der Waals surface area contributed by atoms with Crippen molar-refractivity contribution >= 4 is 23.3 Å². The highest BCUT2D eigenvalue weighted by molar-refractivity contribution is 7.18. The molecule has 7 heteroatoms. The van der Waals surface area contributed by atoms with Crippen molar-refractivity contribution in [3.8, 4) is 21.0 Å². The van der Waals surface area contributed by atoms with Gasteiger partial charge in [-0.05, 0) is 30.7 Å². The van der Waals surface area contributed by atoms with Crippen LogP contribution in [-0.2, 0) is 0 Å². The lowest BCUT2D eigenvalue weighted by molar-refractivity contribution is 0.219. The van der Waals surface area contributed by atoms with Crippen LogP contribution in [0.2, 0.25) is 0 Å². The topological polar surface area (TPSA) is 70.2 Å². The second kappa shape index (κ2) is 7.75. The average molecular weight is 379 g/mol. The van der Waals surface area contributed by atoms with Crippen molar-refractivity contribution in [3.05, 3.63) is 54.2 Å². The zero-order valence-electron chi connectivity index (χ0n) is 15.1. The Hall–Kier alpha value is -2.93. The van der Waals surface area contributed by atoms with Crippen molar-refractivity contribution in [1.29, 1.82) is 0 Å². The Morgan fingerprint density at radius 1 is 1.22 bits per heavy atom. The van der Waals surface area contributed by atoms with E-state index in [0.29, 0.717) is 25.6 Å². The maximum Gasteiger partial charge on any atom is 0.317 e. The number of hydrogen-bond acceptors (Lipinski definition) is 5. The van der Waals surface area contributed by atoms with Gasteiger partial charge >= 0.3 is 6.03 Å². The van der Waals surface area contributed by atoms with E-state index in [2.05, 4.69) is 63.9 Å². The molecule has 1 fully saturated rings. The largest absolute Gasteiger partial charge is 0.352 e. The minimum Gasteiger partial charge on any atom is -0.352 e. The van der Waals surface area contributed by atoms with Crippen molar-refractivity contribution in [1.82, 2.24) is 20.2 Å². The normalized spacial score (nSPS) is 13.7. The molecule has 27 heavy (non-hydrogen) atoms. The van der Waals surface area contributed by atoms with Gasteiger partial charge in [-0.15, -0.1) is 11.3 Å². The van der Waals surface area contributed by atoms with Gasteiger partial charge in [0.1, 0.15) is 0 Å². The molecule has 0 aliphatic carbocycles. The van der Waals surface area contributed by atoms with E-state index in [4.69, 9.17) is 0 Å². The van der Waals surface area contributed by atoms with E-state index < -0.39 is 0 Å². The van der Waals surface area contributed by atoms with E-state index >= 15 is 0 Å². The number of hydrogen-bond donors (Lipinski definition) is 2. The van der Waals surface area contributed by atoms with Crippen LogP contribution in [0.25, 0.3) is 21.0 Å². The van der Waals surface area contributed by atoms with Crippen LogP contribution in [-0.4, -0.2) is 47.1 Å². The number of benzene rings is 1. The number of anilines is 1. The number of nitrogens with zero attached hydrogens (tertiary/aromatic N) is 3. The highest BCUT2D eigenvalue weighted by Crippen LogP contribution is 2.34. The number of amides is 2. The van der Waals surface area contributed by atoms with E-state index in [0.717, 1.165) is 17.1 Å². The fourth-order valence-electron chi connectivity index (χ4n) is 3.04. The number of carbonyl (C=O) groups is 1. The molecule has 1 aliphatic heterocycles. The molecule has 1 saturated heterocycles. The van der Waals surface area contributed by atoms with Gasteiger partial charge in [-0.2, -0.15) is 0 Å². The summed E-state index contributed by atoms with van der Waals surface area (Å²) < 4.78 is 0. The summed E-state index contributed by atoms with van der Waals surface area (Å²) in [6, 6.07) is 14.7. The SMILES string of the molecule is Cc1cccc(-c2ccc(-c3ccnc(NCCN4CCNC4=O)n3)s2)c1. The molecule has 0 saturated carbocycles. The van der Waals surface area contributed by atoms with Crippen LogP contribution in [0.5, 0.6) is 0 Å². The Kier molecular flexibility index (Phi) is 5.02. The lowest BCUT2D eigenvalue weighted by atomic mass is 10.1. The van der Waals surface area contributed by atoms with E-state index in [-0.39, 0.29) is 6.03 Å². The summed E-state index contributed by atoms with van der Waals surface area (Å²) in [4.78, 5) is 24.6. The lowest BCUT2D eigenvalue weighted by Crippen LogP contribution is -2.32. The third-order valence-corrected chi connectivity index (χ3v) is 5.58. The minimum absolute atomic E-state index is 0.00580. The molecule has 0 unspecified atom stereocenters. The Morgan fingerprint density at radius 3 is 2.93 bits per heavy atom. The molecule has 0 radical (unpaired) electrons. The second-order valence-corrected chi connectivity index (χ2v) is 7.53. The standard InChI is InChI=1S/C20H21N5OS/c1-14-3-2-4-15(13-14)17-5-6-18(27-17)16-7-8-21-19(24-16)22-9-11-25-12-10-23-20(25)26/h2-8,13H,9-12H2,1H3,(H,23,26)(H,21,22,24). The van der Waals surface area contributed by atoms with Gasteiger partial charge in [0, 0.05) is 37.3 Å². The molecule has 1 aromatic carbocycles. The highest BCUT2D eigenvalue weighted by atomic mass is 32.1. The van der Waals surface area contributed by atoms with Crippen molar-refractivity contribution in [2.75, 3.05) is 31.5 Å². The van der Waals surface area contributed by atoms with Crippen LogP contribution in [0.3, 0.4) is 0 Å². The van der Waals surface area contributed by atoms with Gasteiger partial charge < -0.3 is 15.5 Å². The summed E-state index contributed by atoms with van der Waals surface area (Å²) in [5.41, 5.74) is 3.38. The molecule has 2 N–H and O–H groups in total. The summed E-state index contributed by atoms with van der Waals surface area (Å²) in [5, 5.41) is 6.01. The zero-order chi connectivity index (χ0) is 18.6. The van der Waals surface area contributed by atoms with Gasteiger partial charge in [-0.3, -0.25) is 0 Å². The first-order valence-electron chi connectivity index (χ1n) is 8.96. The van der Waals surface area contributed by atoms with Crippen LogP contribution in [0.4, 0.5) is 10.7 Å². The average Bonchev–Trinajstić information content (AvgIpc) is 3.32. The van der Waals surface area contributed by atoms with E-state index in [1.165, 1.54) is 16.0 Å². The predicted octanol–water partition coefficient (Wildman–Crippen LogP) is 3.62. The number of carbonyl (C=O) groups excluding carboxylic acids is 1. The maximum atomic E-state index is 11.6. The van der Waals surface area contributed by atoms with Crippen LogP contribution >= 0.6 is 11.3 Å². The van der Waals surface area contributed by atoms with Crippen LogP contribution in [0.15, 0.2) is 48.7 Å². The Labute approximate surface area is 162 Å². The highest BCUT2D eigenvalue weighted by Gasteiger charge is 2.18. The number of nitrogens with one attached hydrogen (secondary N) is 2. The van der Waals surface area contributed by atoms with Crippen molar-refractivity contribution < 1.29 is 4.79 Å². The van der Waals surface area contributed by atoms with Crippen LogP contribution < -0.4 is 10.6 Å². The Bertz CT molecular complexity index is 955. The number of aromatic nitrogens is 2. The van der Waals surface area contributed by atoms with E-state index in [1.807, 2.05) is 6.07 Å². The van der Waals surface area contributed by atoms with Crippen LogP contribution in [0.1, 0.15) is 5.56 Å². The Morgan fingerprint density at radius 2 is 2.11 bits per heavy atom. The molecule has 2 aromatic heterocycles. The molecule has 6 nitrogen and oxygen atoms in total. The molecule has 3 heterocycles. The quantitative estimate of drug-likeness (QED) is 0.686. The van der Waals surface area contributed by atoms with Crippen molar-refractivity contribution in [3.63, 3.8) is 0 Å². The third-order valence-electron chi connectivity index (χ3n) is 4.43. The Balaban J connectivity index is 1.44. The van der Waals surface area contributed by atoms with Gasteiger partial charge in [-0.1, -0.05) is 29.8 Å². The monoisotopic (exact) mass is 379 g/mol. The molecule has 4 rings (SSSR count). The fraction of sp³-hybridized carbons (Fsp3) is 0.250. The number of urea groups is 1. The molecule has 1 aliphatic rings. The molecular formula is C20H21N5OS. The molecule has 3 aromatic rings. The number of aryl methyl sites for hydroxylation is 1. The first-order valence-corrected chi connectivity index (χ1v) is 9.78. The smallest absolute Gasteiger partial charge is 0.317 e. The number of thiophene rings is 1. The first kappa shape index (κ1) is 17.5. The second-order valence-electron chi connectivity index (χ2n) is 6.44. The lowest BCUT2D eigenvalue weighted by Gasteiger charge is -2.14. The molecule has 2 amide bonds. The van der Waals surface area contributed by atoms with E-state index in [9.17, 15) is 4.79 Å². The van der Waals surface area contributed by atoms with Gasteiger partial charge in [-0.25, -0.2) is 14.8 Å². The molecular weight excluding hydrogens is 358 g/mol. The molecule has 138 valence electrons. The molecule has 0 spiro atoms. The van der Waals surface area contributed by atoms with Crippen molar-refractivity contribution in [2.45, 2.75) is 6.92 Å². The molecule has 0 atom stereocenters. The fourth-order valence-corrected chi connectivity index (χ4v) is 4.01. The summed E-state index contributed by atoms with van der Waals surface area (Å²) >= 11 is 1.72. The summed E-state index contributed by atoms with van der Waals surface area (Å²) in [7, 11) is 0. The van der Waals surface area contributed by atoms with Gasteiger partial charge in [0.2, 0.25) is 5.95 Å². The molecule has 0 bridgehead atoms. The predicted molar refractivity (Wildman–Crippen MR) is 109 cm³/mol. The van der Waals surface area contributed by atoms with Gasteiger partial charge in [0.25, 0.3) is 0 Å². The van der Waals surface area contributed by atoms with Crippen molar-refractivity contribution in [2.24, 2.45) is 0 Å². The first-order chi connectivity index (χ1) is 13.2. The number of rotatable bonds is 6. The third kappa shape index (κ3) is 4.09.